The second-order valence-electron chi connectivity index (χ2n) is 7.22. The van der Waals surface area contributed by atoms with Crippen LogP contribution < -0.4 is 4.74 Å². The molecule has 0 aliphatic heterocycles. The van der Waals surface area contributed by atoms with Crippen molar-refractivity contribution in [2.24, 2.45) is 5.92 Å². The molecule has 5 heteroatoms. The molecule has 1 atom stereocenters. The molecule has 5 nitrogen and oxygen atoms in total. The lowest BCUT2D eigenvalue weighted by Crippen LogP contribution is -2.14. The molecule has 1 aromatic heterocycles. The second kappa shape index (κ2) is 7.80. The van der Waals surface area contributed by atoms with Gasteiger partial charge < -0.3 is 14.3 Å². The third-order valence-corrected chi connectivity index (χ3v) is 4.75. The van der Waals surface area contributed by atoms with Crippen LogP contribution in [0.5, 0.6) is 5.75 Å². The summed E-state index contributed by atoms with van der Waals surface area (Å²) in [6, 6.07) is 22.1. The monoisotopic (exact) mass is 387 g/mol. The van der Waals surface area contributed by atoms with Gasteiger partial charge in [-0.15, -0.1) is 0 Å². The van der Waals surface area contributed by atoms with Gasteiger partial charge in [0.05, 0.1) is 5.56 Å². The maximum absolute atomic E-state index is 11.0. The first-order chi connectivity index (χ1) is 14.0. The molecule has 0 aliphatic carbocycles. The van der Waals surface area contributed by atoms with E-state index in [2.05, 4.69) is 18.8 Å². The van der Waals surface area contributed by atoms with Crippen LogP contribution in [0.25, 0.3) is 22.6 Å². The van der Waals surface area contributed by atoms with Gasteiger partial charge >= 0.3 is 5.97 Å². The van der Waals surface area contributed by atoms with Crippen molar-refractivity contribution < 1.29 is 19.1 Å². The summed E-state index contributed by atoms with van der Waals surface area (Å²) in [6.45, 7) is 4.18. The third kappa shape index (κ3) is 3.99. The lowest BCUT2D eigenvalue weighted by molar-refractivity contribution is 0.0696. The minimum atomic E-state index is -0.952. The van der Waals surface area contributed by atoms with E-state index in [-0.39, 0.29) is 17.6 Å². The number of carboxylic acid groups (broad SMARTS) is 1. The van der Waals surface area contributed by atoms with Crippen molar-refractivity contribution in [2.45, 2.75) is 20.0 Å². The Labute approximate surface area is 168 Å². The van der Waals surface area contributed by atoms with E-state index in [1.165, 1.54) is 0 Å². The fourth-order valence-electron chi connectivity index (χ4n) is 3.22. The number of oxazole rings is 1. The Balaban J connectivity index is 1.56. The highest BCUT2D eigenvalue weighted by Gasteiger charge is 2.19. The lowest BCUT2D eigenvalue weighted by Gasteiger charge is -2.23. The summed E-state index contributed by atoms with van der Waals surface area (Å²) in [6.07, 6.45) is -0.164. The van der Waals surface area contributed by atoms with Crippen molar-refractivity contribution in [3.8, 4) is 17.2 Å². The number of rotatable bonds is 6. The summed E-state index contributed by atoms with van der Waals surface area (Å²) in [5.41, 5.74) is 3.76. The zero-order chi connectivity index (χ0) is 20.4. The van der Waals surface area contributed by atoms with Gasteiger partial charge in [-0.3, -0.25) is 0 Å². The molecular weight excluding hydrogens is 366 g/mol. The predicted octanol–water partition coefficient (Wildman–Crippen LogP) is 5.97. The Morgan fingerprint density at radius 1 is 0.966 bits per heavy atom. The Morgan fingerprint density at radius 3 is 2.28 bits per heavy atom. The Hall–Kier alpha value is -3.60. The van der Waals surface area contributed by atoms with Gasteiger partial charge in [0.25, 0.3) is 0 Å². The van der Waals surface area contributed by atoms with Crippen LogP contribution in [-0.4, -0.2) is 16.1 Å². The van der Waals surface area contributed by atoms with Gasteiger partial charge in [0.2, 0.25) is 5.89 Å². The van der Waals surface area contributed by atoms with Crippen molar-refractivity contribution >= 4 is 17.1 Å². The number of aromatic carboxylic acids is 1. The topological polar surface area (TPSA) is 72.6 Å². The average molecular weight is 387 g/mol. The van der Waals surface area contributed by atoms with Crippen molar-refractivity contribution in [1.29, 1.82) is 0 Å². The van der Waals surface area contributed by atoms with E-state index in [0.717, 1.165) is 22.2 Å². The fourth-order valence-corrected chi connectivity index (χ4v) is 3.22. The highest BCUT2D eigenvalue weighted by molar-refractivity contribution is 5.87. The van der Waals surface area contributed by atoms with Gasteiger partial charge in [-0.2, -0.15) is 0 Å². The summed E-state index contributed by atoms with van der Waals surface area (Å²) in [4.78, 5) is 15.6. The number of fused-ring (bicyclic) bond motifs is 1. The minimum absolute atomic E-state index is 0.164. The van der Waals surface area contributed by atoms with Gasteiger partial charge in [0.15, 0.2) is 5.58 Å². The summed E-state index contributed by atoms with van der Waals surface area (Å²) in [5.74, 6) is 0.497. The molecule has 0 radical (unpaired) electrons. The molecule has 0 saturated heterocycles. The van der Waals surface area contributed by atoms with Crippen molar-refractivity contribution in [3.05, 3.63) is 83.9 Å². The summed E-state index contributed by atoms with van der Waals surface area (Å²) in [7, 11) is 0. The molecule has 0 aliphatic rings. The minimum Gasteiger partial charge on any atom is -0.485 e. The van der Waals surface area contributed by atoms with Crippen LogP contribution in [0.3, 0.4) is 0 Å². The molecule has 146 valence electrons. The van der Waals surface area contributed by atoms with Crippen LogP contribution in [0.4, 0.5) is 0 Å². The van der Waals surface area contributed by atoms with Gasteiger partial charge in [-0.05, 0) is 60.0 Å². The fraction of sp³-hybridized carbons (Fsp3) is 0.167. The van der Waals surface area contributed by atoms with E-state index < -0.39 is 5.97 Å². The number of para-hydroxylation sites is 2. The number of aromatic nitrogens is 1. The maximum Gasteiger partial charge on any atom is 0.335 e. The van der Waals surface area contributed by atoms with Gasteiger partial charge in [0.1, 0.15) is 17.4 Å². The molecule has 0 saturated carbocycles. The summed E-state index contributed by atoms with van der Waals surface area (Å²) < 4.78 is 12.0. The zero-order valence-corrected chi connectivity index (χ0v) is 16.2. The van der Waals surface area contributed by atoms with Crippen LogP contribution >= 0.6 is 0 Å². The molecule has 1 N–H and O–H groups in total. The first kappa shape index (κ1) is 18.7. The predicted molar refractivity (Wildman–Crippen MR) is 111 cm³/mol. The quantitative estimate of drug-likeness (QED) is 0.441. The molecule has 4 aromatic rings. The normalized spacial score (nSPS) is 12.2. The van der Waals surface area contributed by atoms with Crippen molar-refractivity contribution in [3.63, 3.8) is 0 Å². The van der Waals surface area contributed by atoms with Crippen LogP contribution in [-0.2, 0) is 0 Å². The Morgan fingerprint density at radius 2 is 1.66 bits per heavy atom. The SMILES string of the molecule is CC(C)C(Oc1ccc(C(=O)O)cc1)c1ccc(-c2nc3ccccc3o2)cc1. The summed E-state index contributed by atoms with van der Waals surface area (Å²) in [5, 5.41) is 9.04. The number of hydrogen-bond donors (Lipinski definition) is 1. The summed E-state index contributed by atoms with van der Waals surface area (Å²) >= 11 is 0. The smallest absolute Gasteiger partial charge is 0.335 e. The Bertz CT molecular complexity index is 1090. The van der Waals surface area contributed by atoms with E-state index in [9.17, 15) is 4.79 Å². The van der Waals surface area contributed by atoms with Crippen LogP contribution in [0.15, 0.2) is 77.2 Å². The third-order valence-electron chi connectivity index (χ3n) is 4.75. The molecule has 29 heavy (non-hydrogen) atoms. The van der Waals surface area contributed by atoms with E-state index >= 15 is 0 Å². The molecule has 3 aromatic carbocycles. The van der Waals surface area contributed by atoms with Crippen LogP contribution in [0, 0.1) is 5.92 Å². The van der Waals surface area contributed by atoms with E-state index in [1.807, 2.05) is 48.5 Å². The number of carboxylic acids is 1. The molecule has 4 rings (SSSR count). The zero-order valence-electron chi connectivity index (χ0n) is 16.2. The highest BCUT2D eigenvalue weighted by Crippen LogP contribution is 2.31. The molecule has 0 amide bonds. The van der Waals surface area contributed by atoms with Crippen molar-refractivity contribution in [2.75, 3.05) is 0 Å². The molecule has 1 heterocycles. The van der Waals surface area contributed by atoms with E-state index in [1.54, 1.807) is 24.3 Å². The number of nitrogens with zero attached hydrogens (tertiary/aromatic N) is 1. The molecule has 0 fully saturated rings. The lowest BCUT2D eigenvalue weighted by atomic mass is 9.97. The maximum atomic E-state index is 11.0. The Kier molecular flexibility index (Phi) is 5.04. The van der Waals surface area contributed by atoms with Gasteiger partial charge in [-0.25, -0.2) is 9.78 Å². The molecule has 0 bridgehead atoms. The first-order valence-electron chi connectivity index (χ1n) is 9.47. The van der Waals surface area contributed by atoms with Crippen LogP contribution in [0.1, 0.15) is 35.9 Å². The molecule has 0 spiro atoms. The average Bonchev–Trinajstić information content (AvgIpc) is 3.16. The first-order valence-corrected chi connectivity index (χ1v) is 9.47. The molecule has 1 unspecified atom stereocenters. The largest absolute Gasteiger partial charge is 0.485 e. The number of ether oxygens (including phenoxy) is 1. The molecular formula is C24H21NO4. The van der Waals surface area contributed by atoms with E-state index in [0.29, 0.717) is 11.6 Å². The standard InChI is InChI=1S/C24H21NO4/c1-15(2)22(28-19-13-11-18(12-14-19)24(26)27)16-7-9-17(10-8-16)23-25-20-5-3-4-6-21(20)29-23/h3-15,22H,1-2H3,(H,26,27). The van der Waals surface area contributed by atoms with Gasteiger partial charge in [-0.1, -0.05) is 38.1 Å². The number of carbonyl (C=O) groups is 1. The van der Waals surface area contributed by atoms with Crippen LogP contribution in [0.2, 0.25) is 0 Å². The highest BCUT2D eigenvalue weighted by atomic mass is 16.5. The van der Waals surface area contributed by atoms with Gasteiger partial charge in [0, 0.05) is 5.56 Å². The number of benzene rings is 3. The second-order valence-corrected chi connectivity index (χ2v) is 7.22. The van der Waals surface area contributed by atoms with Crippen molar-refractivity contribution in [1.82, 2.24) is 4.98 Å². The number of hydrogen-bond acceptors (Lipinski definition) is 4. The van der Waals surface area contributed by atoms with E-state index in [4.69, 9.17) is 14.3 Å².